The van der Waals surface area contributed by atoms with E-state index < -0.39 is 0 Å². The predicted octanol–water partition coefficient (Wildman–Crippen LogP) is 5.73. The highest BCUT2D eigenvalue weighted by molar-refractivity contribution is 5.11. The zero-order valence-corrected chi connectivity index (χ0v) is 14.1. The normalized spacial score (nSPS) is 22.7. The van der Waals surface area contributed by atoms with Gasteiger partial charge in [-0.05, 0) is 77.2 Å². The van der Waals surface area contributed by atoms with Gasteiger partial charge in [0.05, 0.1) is 6.61 Å². The predicted molar refractivity (Wildman–Crippen MR) is 93.3 cm³/mol. The van der Waals surface area contributed by atoms with Crippen molar-refractivity contribution >= 4 is 0 Å². The lowest BCUT2D eigenvalue weighted by molar-refractivity contribution is 0.326. The standard InChI is InChI=1S/C20H32O/c1-16(2)20-13-11-17(3)7-5-9-19(15-21)10-6-8-18(4)12-14-20/h7,10,12,20-21H,1,5-6,8-9,11,13-15H2,2-4H3/t20-/m0/s1. The molecule has 1 heteroatoms. The quantitative estimate of drug-likeness (QED) is 0.643. The van der Waals surface area contributed by atoms with Crippen LogP contribution in [-0.4, -0.2) is 11.7 Å². The van der Waals surface area contributed by atoms with Crippen LogP contribution in [-0.2, 0) is 0 Å². The summed E-state index contributed by atoms with van der Waals surface area (Å²) in [6, 6.07) is 0. The molecule has 0 bridgehead atoms. The van der Waals surface area contributed by atoms with Crippen LogP contribution in [0.5, 0.6) is 0 Å². The number of hydrogen-bond acceptors (Lipinski definition) is 1. The zero-order valence-electron chi connectivity index (χ0n) is 14.1. The Balaban J connectivity index is 2.80. The highest BCUT2D eigenvalue weighted by Crippen LogP contribution is 2.24. The molecule has 0 saturated carbocycles. The maximum Gasteiger partial charge on any atom is 0.0641 e. The second-order valence-electron chi connectivity index (χ2n) is 6.52. The second-order valence-corrected chi connectivity index (χ2v) is 6.52. The van der Waals surface area contributed by atoms with E-state index in [1.807, 2.05) is 0 Å². The Morgan fingerprint density at radius 3 is 2.43 bits per heavy atom. The van der Waals surface area contributed by atoms with Gasteiger partial charge in [0.25, 0.3) is 0 Å². The maximum atomic E-state index is 9.41. The zero-order chi connectivity index (χ0) is 15.7. The van der Waals surface area contributed by atoms with Gasteiger partial charge in [-0.25, -0.2) is 0 Å². The molecule has 1 rings (SSSR count). The highest BCUT2D eigenvalue weighted by atomic mass is 16.3. The van der Waals surface area contributed by atoms with Gasteiger partial charge < -0.3 is 5.11 Å². The van der Waals surface area contributed by atoms with E-state index in [1.165, 1.54) is 28.7 Å². The molecule has 21 heavy (non-hydrogen) atoms. The van der Waals surface area contributed by atoms with Crippen LogP contribution in [0, 0.1) is 5.92 Å². The molecule has 0 aromatic rings. The van der Waals surface area contributed by atoms with Crippen LogP contribution < -0.4 is 0 Å². The molecule has 1 nitrogen and oxygen atoms in total. The molecule has 0 fully saturated rings. The van der Waals surface area contributed by atoms with Gasteiger partial charge in [-0.3, -0.25) is 0 Å². The average Bonchev–Trinajstić information content (AvgIpc) is 2.44. The summed E-state index contributed by atoms with van der Waals surface area (Å²) >= 11 is 0. The van der Waals surface area contributed by atoms with Crippen molar-refractivity contribution in [3.8, 4) is 0 Å². The van der Waals surface area contributed by atoms with Crippen LogP contribution in [0.15, 0.2) is 47.1 Å². The van der Waals surface area contributed by atoms with E-state index in [1.54, 1.807) is 0 Å². The van der Waals surface area contributed by atoms with Gasteiger partial charge in [-0.1, -0.05) is 41.5 Å². The summed E-state index contributed by atoms with van der Waals surface area (Å²) in [5, 5.41) is 9.41. The van der Waals surface area contributed by atoms with Gasteiger partial charge in [0, 0.05) is 0 Å². The summed E-state index contributed by atoms with van der Waals surface area (Å²) in [5.74, 6) is 0.606. The number of aliphatic hydroxyl groups is 1. The van der Waals surface area contributed by atoms with Crippen LogP contribution in [0.2, 0.25) is 0 Å². The monoisotopic (exact) mass is 288 g/mol. The largest absolute Gasteiger partial charge is 0.392 e. The Kier molecular flexibility index (Phi) is 8.37. The highest BCUT2D eigenvalue weighted by Gasteiger charge is 2.09. The van der Waals surface area contributed by atoms with E-state index in [9.17, 15) is 5.11 Å². The third kappa shape index (κ3) is 7.47. The Labute approximate surface area is 131 Å². The van der Waals surface area contributed by atoms with Gasteiger partial charge >= 0.3 is 0 Å². The first-order valence-corrected chi connectivity index (χ1v) is 8.28. The molecule has 0 aromatic carbocycles. The van der Waals surface area contributed by atoms with Crippen molar-refractivity contribution in [3.63, 3.8) is 0 Å². The van der Waals surface area contributed by atoms with E-state index in [-0.39, 0.29) is 6.61 Å². The SMILES string of the molecule is C=C(C)[C@@H]1CC=C(C)CCC=C(CO)CCC=C(C)CC1. The number of rotatable bonds is 2. The summed E-state index contributed by atoms with van der Waals surface area (Å²) < 4.78 is 0. The van der Waals surface area contributed by atoms with Crippen LogP contribution in [0.25, 0.3) is 0 Å². The summed E-state index contributed by atoms with van der Waals surface area (Å²) in [7, 11) is 0. The lowest BCUT2D eigenvalue weighted by atomic mass is 9.89. The van der Waals surface area contributed by atoms with Gasteiger partial charge in [0.1, 0.15) is 0 Å². The first kappa shape index (κ1) is 18.0. The molecule has 0 amide bonds. The van der Waals surface area contributed by atoms with Gasteiger partial charge in [-0.2, -0.15) is 0 Å². The van der Waals surface area contributed by atoms with Crippen LogP contribution in [0.1, 0.15) is 65.7 Å². The van der Waals surface area contributed by atoms with Crippen molar-refractivity contribution < 1.29 is 5.11 Å². The van der Waals surface area contributed by atoms with E-state index in [4.69, 9.17) is 0 Å². The fourth-order valence-corrected chi connectivity index (χ4v) is 2.77. The fraction of sp³-hybridized carbons (Fsp3) is 0.600. The Bertz CT molecular complexity index is 423. The topological polar surface area (TPSA) is 20.2 Å². The lowest BCUT2D eigenvalue weighted by Gasteiger charge is -2.16. The minimum Gasteiger partial charge on any atom is -0.392 e. The molecule has 0 aliphatic heterocycles. The molecule has 0 radical (unpaired) electrons. The molecule has 1 aliphatic rings. The van der Waals surface area contributed by atoms with E-state index in [2.05, 4.69) is 45.6 Å². The molecule has 1 aliphatic carbocycles. The first-order valence-electron chi connectivity index (χ1n) is 8.28. The van der Waals surface area contributed by atoms with Crippen molar-refractivity contribution in [1.29, 1.82) is 0 Å². The molecular formula is C20H32O. The van der Waals surface area contributed by atoms with Gasteiger partial charge in [-0.15, -0.1) is 0 Å². The van der Waals surface area contributed by atoms with Crippen molar-refractivity contribution in [2.24, 2.45) is 5.92 Å². The molecule has 0 saturated heterocycles. The van der Waals surface area contributed by atoms with Crippen LogP contribution >= 0.6 is 0 Å². The Morgan fingerprint density at radius 2 is 1.76 bits per heavy atom. The van der Waals surface area contributed by atoms with E-state index >= 15 is 0 Å². The molecular weight excluding hydrogens is 256 g/mol. The molecule has 1 N–H and O–H groups in total. The minimum atomic E-state index is 0.202. The number of aliphatic hydroxyl groups excluding tert-OH is 1. The van der Waals surface area contributed by atoms with Crippen molar-refractivity contribution in [1.82, 2.24) is 0 Å². The number of hydrogen-bond donors (Lipinski definition) is 1. The van der Waals surface area contributed by atoms with Gasteiger partial charge in [0.15, 0.2) is 0 Å². The molecule has 118 valence electrons. The average molecular weight is 288 g/mol. The molecule has 0 spiro atoms. The van der Waals surface area contributed by atoms with E-state index in [0.29, 0.717) is 5.92 Å². The van der Waals surface area contributed by atoms with Crippen LogP contribution in [0.3, 0.4) is 0 Å². The summed E-state index contributed by atoms with van der Waals surface area (Å²) in [6.45, 7) is 11.0. The summed E-state index contributed by atoms with van der Waals surface area (Å²) in [6.07, 6.45) is 14.6. The number of allylic oxidation sites excluding steroid dienone is 6. The van der Waals surface area contributed by atoms with E-state index in [0.717, 1.165) is 38.5 Å². The smallest absolute Gasteiger partial charge is 0.0641 e. The fourth-order valence-electron chi connectivity index (χ4n) is 2.77. The summed E-state index contributed by atoms with van der Waals surface area (Å²) in [4.78, 5) is 0. The molecule has 0 aromatic heterocycles. The molecule has 0 heterocycles. The third-order valence-corrected chi connectivity index (χ3v) is 4.47. The minimum absolute atomic E-state index is 0.202. The van der Waals surface area contributed by atoms with Crippen LogP contribution in [0.4, 0.5) is 0 Å². The van der Waals surface area contributed by atoms with Gasteiger partial charge in [0.2, 0.25) is 0 Å². The third-order valence-electron chi connectivity index (χ3n) is 4.47. The van der Waals surface area contributed by atoms with Crippen molar-refractivity contribution in [2.75, 3.05) is 6.61 Å². The summed E-state index contributed by atoms with van der Waals surface area (Å²) in [5.41, 5.74) is 5.42. The van der Waals surface area contributed by atoms with Crippen molar-refractivity contribution in [2.45, 2.75) is 65.7 Å². The van der Waals surface area contributed by atoms with Crippen molar-refractivity contribution in [3.05, 3.63) is 47.1 Å². The second kappa shape index (κ2) is 9.78. The molecule has 0 unspecified atom stereocenters. The Morgan fingerprint density at radius 1 is 1.10 bits per heavy atom. The Hall–Kier alpha value is -1.08. The lowest BCUT2D eigenvalue weighted by Crippen LogP contribution is -2.01. The maximum absolute atomic E-state index is 9.41. The molecule has 1 atom stereocenters. The first-order chi connectivity index (χ1) is 10.0.